The molecule has 2 rings (SSSR count). The second-order valence-corrected chi connectivity index (χ2v) is 16.2. The van der Waals surface area contributed by atoms with Crippen molar-refractivity contribution in [1.82, 2.24) is 36.0 Å². The van der Waals surface area contributed by atoms with Crippen molar-refractivity contribution in [3.8, 4) is 0 Å². The molecule has 66 heavy (non-hydrogen) atoms. The number of nitrogens with two attached hydrogens (primary N) is 3. The number of likely N-dealkylation sites (tertiary alicyclic amines) is 2. The Morgan fingerprint density at radius 2 is 1.48 bits per heavy atom. The summed E-state index contributed by atoms with van der Waals surface area (Å²) in [4.78, 5) is 124. The summed E-state index contributed by atoms with van der Waals surface area (Å²) in [5, 5.41) is 46.6. The minimum absolute atomic E-state index is 0.0224. The van der Waals surface area contributed by atoms with Gasteiger partial charge in [0, 0.05) is 51.8 Å². The van der Waals surface area contributed by atoms with Gasteiger partial charge < -0.3 is 101 Å². The number of carbonyl (C=O) groups excluding carboxylic acids is 8. The van der Waals surface area contributed by atoms with Crippen molar-refractivity contribution in [2.24, 2.45) is 34.0 Å². The predicted octanol–water partition coefficient (Wildman–Crippen LogP) is -5.58. The van der Waals surface area contributed by atoms with Gasteiger partial charge in [-0.25, -0.2) is 4.79 Å². The normalized spacial score (nSPS) is 18.2. The summed E-state index contributed by atoms with van der Waals surface area (Å²) in [6.07, 6.45) is 0.622. The Morgan fingerprint density at radius 3 is 2.06 bits per heavy atom. The number of rotatable bonds is 27. The van der Waals surface area contributed by atoms with Crippen LogP contribution < -0.4 is 38.5 Å². The van der Waals surface area contributed by atoms with Crippen LogP contribution in [-0.2, 0) is 78.1 Å². The molecule has 0 spiro atoms. The van der Waals surface area contributed by atoms with Crippen LogP contribution in [-0.4, -0.2) is 204 Å². The molecule has 0 unspecified atom stereocenters. The van der Waals surface area contributed by atoms with Gasteiger partial charge in [0.2, 0.25) is 35.4 Å². The number of aliphatic hydroxyl groups is 2. The molecule has 372 valence electrons. The maximum atomic E-state index is 13.9. The zero-order valence-corrected chi connectivity index (χ0v) is 39.9. The quantitative estimate of drug-likeness (QED) is 0.0159. The van der Waals surface area contributed by atoms with E-state index in [2.05, 4.69) is 36.9 Å². The number of carboxylic acids is 1. The van der Waals surface area contributed by atoms with Crippen LogP contribution in [0.5, 0.6) is 0 Å². The van der Waals surface area contributed by atoms with Crippen LogP contribution in [0.1, 0.15) is 51.9 Å². The van der Waals surface area contributed by atoms with Crippen LogP contribution >= 0.6 is 0 Å². The number of likely N-dealkylation sites (N-methyl/N-ethyl adjacent to an activating group) is 1. The van der Waals surface area contributed by atoms with Crippen LogP contribution in [0.3, 0.4) is 0 Å². The Labute approximate surface area is 398 Å². The summed E-state index contributed by atoms with van der Waals surface area (Å²) in [6, 6.07) is -6.94. The summed E-state index contributed by atoms with van der Waals surface area (Å²) < 4.78 is 8.22. The standard InChI is InChI=1S/C38H67N13O12S.O.Tc/c1-21(53)30(48-28(54)15-43-32(57)27(20-64)47-33(58)26(19-52)44-29(55)18-49(2)3)34(59)45-24(7-4-5-11-39)36(61)51-14-10-23(17-51)35(60)50-13-9-22(16-50)31(56)46-25(37(62)63)8-6-12-42-38(40)41;;/h21-27,30,52-53H,4-20,39H2,1-3H3,(H12,40,41,42,43,44,45,46,47,48,54,55,56,57,58,59,62,63,64);;/q;;+3/p-3/t21-,22-,23-,24+,25+,26+,27+,30+;;/m1../s1. The number of nitrogens with one attached hydrogen (secondary N) is 4. The molecule has 0 aromatic heterocycles. The Balaban J connectivity index is 0.0000107. The average molecular weight is 1040 g/mol. The molecule has 0 aromatic rings. The topological polar surface area (TPSA) is 408 Å². The predicted molar refractivity (Wildman–Crippen MR) is 233 cm³/mol. The molecule has 2 heterocycles. The first kappa shape index (κ1) is 59.2. The Kier molecular flexibility index (Phi) is 27.9. The van der Waals surface area contributed by atoms with E-state index in [0.29, 0.717) is 38.6 Å². The first-order valence-corrected chi connectivity index (χ1v) is 22.4. The van der Waals surface area contributed by atoms with Gasteiger partial charge in [-0.15, -0.1) is 0 Å². The summed E-state index contributed by atoms with van der Waals surface area (Å²) in [5.74, 6) is -8.87. The van der Waals surface area contributed by atoms with Gasteiger partial charge in [-0.3, -0.25) is 33.8 Å². The Hall–Kier alpha value is -4.86. The number of guanidine groups is 1. The van der Waals surface area contributed by atoms with Crippen molar-refractivity contribution in [2.75, 3.05) is 78.8 Å². The van der Waals surface area contributed by atoms with E-state index in [0.717, 1.165) is 18.9 Å². The van der Waals surface area contributed by atoms with Gasteiger partial charge in [0.1, 0.15) is 18.1 Å². The molecular formula is C38H64N13O13STc. The molecule has 0 aliphatic carbocycles. The van der Waals surface area contributed by atoms with Crippen molar-refractivity contribution in [2.45, 2.75) is 88.2 Å². The molecule has 0 saturated carbocycles. The van der Waals surface area contributed by atoms with E-state index in [9.17, 15) is 58.5 Å². The second kappa shape index (κ2) is 31.2. The molecule has 0 radical (unpaired) electrons. The number of aliphatic imine (C=N–C) groups is 1. The third-order valence-corrected chi connectivity index (χ3v) is 10.6. The maximum absolute atomic E-state index is 13.9. The van der Waals surface area contributed by atoms with Crippen molar-refractivity contribution < 1.29 is 80.8 Å². The average Bonchev–Trinajstić information content (AvgIpc) is 3.98. The summed E-state index contributed by atoms with van der Waals surface area (Å²) in [5.41, 5.74) is 16.3. The molecule has 2 aliphatic heterocycles. The first-order chi connectivity index (χ1) is 31.2. The van der Waals surface area contributed by atoms with Crippen molar-refractivity contribution >= 4 is 71.8 Å². The molecule has 0 bridgehead atoms. The molecule has 26 nitrogen and oxygen atoms in total. The van der Waals surface area contributed by atoms with Crippen LogP contribution in [0.25, 0.3) is 10.6 Å². The number of amides is 8. The summed E-state index contributed by atoms with van der Waals surface area (Å²) >= 11 is 5.83. The van der Waals surface area contributed by atoms with Crippen molar-refractivity contribution in [3.05, 3.63) is 10.6 Å². The van der Waals surface area contributed by atoms with E-state index in [1.807, 2.05) is 0 Å². The molecular weight excluding hydrogens is 977 g/mol. The van der Waals surface area contributed by atoms with Gasteiger partial charge >= 0.3 is 28.3 Å². The Bertz CT molecular complexity index is 1690. The third-order valence-electron chi connectivity index (χ3n) is 10.3. The van der Waals surface area contributed by atoms with E-state index >= 15 is 0 Å². The number of unbranched alkanes of at least 4 members (excludes halogenated alkanes) is 1. The van der Waals surface area contributed by atoms with Crippen molar-refractivity contribution in [3.63, 3.8) is 0 Å². The van der Waals surface area contributed by atoms with E-state index in [1.54, 1.807) is 14.1 Å². The number of aliphatic hydroxyl groups excluding tert-OH is 2. The third kappa shape index (κ3) is 20.8. The summed E-state index contributed by atoms with van der Waals surface area (Å²) in [7, 11) is 3.20. The van der Waals surface area contributed by atoms with Gasteiger partial charge in [-0.2, -0.15) is 5.75 Å². The number of carboxylic acid groups (broad SMARTS) is 1. The first-order valence-electron chi connectivity index (χ1n) is 21.1. The van der Waals surface area contributed by atoms with Crippen LogP contribution in [0.15, 0.2) is 4.99 Å². The van der Waals surface area contributed by atoms with E-state index in [-0.39, 0.29) is 64.0 Å². The molecule has 0 aromatic carbocycles. The zero-order chi connectivity index (χ0) is 50.1. The number of aliphatic carboxylic acids is 1. The van der Waals surface area contributed by atoms with Crippen LogP contribution in [0.2, 0.25) is 0 Å². The minimum atomic E-state index is -1.59. The number of hydrogen-bond acceptors (Lipinski definition) is 16. The molecule has 2 saturated heterocycles. The van der Waals surface area contributed by atoms with Crippen LogP contribution in [0.4, 0.5) is 0 Å². The SMILES string of the molecule is C[C@@H](O)[C@H](NC(=O)CNC(=O)[C@H](C[S-])[N-]C(=O)[C@H](CO)[N-]C(=O)CN(C)C)C(=O)N[C@@H](CCCCN)C(=O)N1CC[C@@H](C(=O)N2CC[C@@H](C(=O)N[C@@H](CCCN=C(N)N)C(=O)O)C2)C1.[O]=[Tc+3]. The second-order valence-electron chi connectivity index (χ2n) is 15.8. The fourth-order valence-corrected chi connectivity index (χ4v) is 7.09. The number of nitrogens with zero attached hydrogens (tertiary/aromatic N) is 6. The molecule has 13 N–H and O–H groups in total. The molecule has 2 fully saturated rings. The van der Waals surface area contributed by atoms with Crippen LogP contribution in [0, 0.1) is 11.8 Å². The Morgan fingerprint density at radius 1 is 0.864 bits per heavy atom. The van der Waals surface area contributed by atoms with Gasteiger partial charge in [0.25, 0.3) is 0 Å². The monoisotopic (exact) mass is 1040 g/mol. The van der Waals surface area contributed by atoms with Gasteiger partial charge in [-0.1, -0.05) is 6.04 Å². The van der Waals surface area contributed by atoms with Gasteiger partial charge in [0.15, 0.2) is 5.96 Å². The van der Waals surface area contributed by atoms with E-state index in [1.165, 1.54) is 21.6 Å². The van der Waals surface area contributed by atoms with Gasteiger partial charge in [-0.05, 0) is 78.6 Å². The number of hydrogen-bond donors (Lipinski definition) is 10. The molecule has 8 amide bonds. The molecule has 8 atom stereocenters. The van der Waals surface area contributed by atoms with E-state index in [4.69, 9.17) is 33.3 Å². The number of carbonyl (C=O) groups is 9. The molecule has 2 aliphatic rings. The van der Waals surface area contributed by atoms with Crippen molar-refractivity contribution in [1.29, 1.82) is 0 Å². The van der Waals surface area contributed by atoms with Gasteiger partial charge in [0.05, 0.1) is 30.4 Å². The summed E-state index contributed by atoms with van der Waals surface area (Å²) in [6.45, 7) is 0.508. The zero-order valence-electron chi connectivity index (χ0n) is 37.3. The van der Waals surface area contributed by atoms with E-state index < -0.39 is 114 Å². The fourth-order valence-electron chi connectivity index (χ4n) is 6.86. The molecule has 28 heteroatoms. The fraction of sp³-hybridized carbons (Fsp3) is 0.737.